The fourth-order valence-corrected chi connectivity index (χ4v) is 3.52. The van der Waals surface area contributed by atoms with Crippen molar-refractivity contribution in [2.75, 3.05) is 37.4 Å². The van der Waals surface area contributed by atoms with Crippen LogP contribution in [0, 0.1) is 5.92 Å². The molecule has 1 heterocycles. The summed E-state index contributed by atoms with van der Waals surface area (Å²) in [6, 6.07) is 13.3. The average molecular weight is 435 g/mol. The van der Waals surface area contributed by atoms with Crippen LogP contribution in [0.1, 0.15) is 23.2 Å². The third-order valence-electron chi connectivity index (χ3n) is 5.12. The third-order valence-corrected chi connectivity index (χ3v) is 5.12. The number of para-hydroxylation sites is 2. The Bertz CT molecular complexity index is 916. The summed E-state index contributed by atoms with van der Waals surface area (Å²) < 4.78 is 43.9. The van der Waals surface area contributed by atoms with E-state index in [1.165, 1.54) is 12.0 Å². The van der Waals surface area contributed by atoms with Crippen LogP contribution in [0.4, 0.5) is 24.5 Å². The second-order valence-corrected chi connectivity index (χ2v) is 7.40. The Labute approximate surface area is 178 Å². The number of halogens is 3. The summed E-state index contributed by atoms with van der Waals surface area (Å²) >= 11 is 0. The van der Waals surface area contributed by atoms with Gasteiger partial charge >= 0.3 is 6.18 Å². The molecule has 0 aromatic heterocycles. The largest absolute Gasteiger partial charge is 0.495 e. The number of amides is 2. The Morgan fingerprint density at radius 1 is 1.10 bits per heavy atom. The Hall–Kier alpha value is -3.07. The molecule has 1 fully saturated rings. The van der Waals surface area contributed by atoms with Gasteiger partial charge in [-0.2, -0.15) is 13.2 Å². The summed E-state index contributed by atoms with van der Waals surface area (Å²) in [5.41, 5.74) is 1.38. The number of hydrogen-bond donors (Lipinski definition) is 2. The fourth-order valence-electron chi connectivity index (χ4n) is 3.52. The van der Waals surface area contributed by atoms with Gasteiger partial charge in [0.05, 0.1) is 25.3 Å². The zero-order valence-electron chi connectivity index (χ0n) is 17.0. The van der Waals surface area contributed by atoms with Crippen molar-refractivity contribution >= 4 is 23.2 Å². The van der Waals surface area contributed by atoms with Crippen molar-refractivity contribution in [3.63, 3.8) is 0 Å². The molecule has 1 aliphatic heterocycles. The molecule has 0 bridgehead atoms. The van der Waals surface area contributed by atoms with Crippen LogP contribution in [-0.2, 0) is 4.79 Å². The minimum Gasteiger partial charge on any atom is -0.495 e. The first kappa shape index (κ1) is 22.6. The van der Waals surface area contributed by atoms with E-state index in [0.29, 0.717) is 35.7 Å². The van der Waals surface area contributed by atoms with E-state index in [2.05, 4.69) is 10.6 Å². The van der Waals surface area contributed by atoms with Crippen LogP contribution in [0.15, 0.2) is 48.5 Å². The Morgan fingerprint density at radius 2 is 1.81 bits per heavy atom. The van der Waals surface area contributed by atoms with Gasteiger partial charge < -0.3 is 15.4 Å². The topological polar surface area (TPSA) is 70.7 Å². The van der Waals surface area contributed by atoms with Crippen LogP contribution in [0.25, 0.3) is 0 Å². The number of likely N-dealkylation sites (tertiary alicyclic amines) is 1. The highest BCUT2D eigenvalue weighted by Gasteiger charge is 2.41. The lowest BCUT2D eigenvalue weighted by molar-refractivity contribution is -0.186. The number of nitrogens with one attached hydrogen (secondary N) is 2. The van der Waals surface area contributed by atoms with Crippen LogP contribution in [0.2, 0.25) is 0 Å². The average Bonchev–Trinajstić information content (AvgIpc) is 2.74. The molecule has 0 aliphatic carbocycles. The van der Waals surface area contributed by atoms with Gasteiger partial charge in [0, 0.05) is 17.8 Å². The molecule has 1 atom stereocenters. The van der Waals surface area contributed by atoms with Gasteiger partial charge in [0.25, 0.3) is 5.91 Å². The van der Waals surface area contributed by atoms with Gasteiger partial charge in [-0.25, -0.2) is 0 Å². The van der Waals surface area contributed by atoms with Gasteiger partial charge in [0.2, 0.25) is 5.91 Å². The monoisotopic (exact) mass is 435 g/mol. The summed E-state index contributed by atoms with van der Waals surface area (Å²) in [6.07, 6.45) is -3.73. The quantitative estimate of drug-likeness (QED) is 0.715. The van der Waals surface area contributed by atoms with Gasteiger partial charge in [-0.15, -0.1) is 0 Å². The zero-order chi connectivity index (χ0) is 22.4. The molecule has 31 heavy (non-hydrogen) atoms. The SMILES string of the molecule is COc1ccccc1NC(=O)c1ccc(NC(=O)CN2CCCC(C(F)(F)F)C2)cc1. The molecule has 166 valence electrons. The molecule has 9 heteroatoms. The summed E-state index contributed by atoms with van der Waals surface area (Å²) in [4.78, 5) is 26.2. The number of piperidine rings is 1. The van der Waals surface area contributed by atoms with Crippen molar-refractivity contribution in [3.05, 3.63) is 54.1 Å². The van der Waals surface area contributed by atoms with E-state index < -0.39 is 18.0 Å². The van der Waals surface area contributed by atoms with Crippen LogP contribution < -0.4 is 15.4 Å². The van der Waals surface area contributed by atoms with Crippen LogP contribution in [0.5, 0.6) is 5.75 Å². The molecule has 1 aliphatic rings. The highest BCUT2D eigenvalue weighted by molar-refractivity contribution is 6.05. The summed E-state index contributed by atoms with van der Waals surface area (Å²) in [5, 5.41) is 5.42. The van der Waals surface area contributed by atoms with E-state index in [1.807, 2.05) is 0 Å². The lowest BCUT2D eigenvalue weighted by Gasteiger charge is -2.33. The highest BCUT2D eigenvalue weighted by Crippen LogP contribution is 2.33. The van der Waals surface area contributed by atoms with Crippen molar-refractivity contribution in [2.45, 2.75) is 19.0 Å². The molecule has 0 spiro atoms. The molecule has 2 amide bonds. The van der Waals surface area contributed by atoms with E-state index in [4.69, 9.17) is 4.74 Å². The van der Waals surface area contributed by atoms with E-state index in [1.54, 1.807) is 48.5 Å². The molecular weight excluding hydrogens is 411 g/mol. The zero-order valence-corrected chi connectivity index (χ0v) is 17.0. The van der Waals surface area contributed by atoms with Crippen molar-refractivity contribution < 1.29 is 27.5 Å². The smallest absolute Gasteiger partial charge is 0.393 e. The number of carbonyl (C=O) groups excluding carboxylic acids is 2. The first-order chi connectivity index (χ1) is 14.8. The van der Waals surface area contributed by atoms with Crippen molar-refractivity contribution in [2.24, 2.45) is 5.92 Å². The number of hydrogen-bond acceptors (Lipinski definition) is 4. The van der Waals surface area contributed by atoms with E-state index >= 15 is 0 Å². The Morgan fingerprint density at radius 3 is 2.48 bits per heavy atom. The number of nitrogens with zero attached hydrogens (tertiary/aromatic N) is 1. The first-order valence-corrected chi connectivity index (χ1v) is 9.89. The molecule has 0 radical (unpaired) electrons. The summed E-state index contributed by atoms with van der Waals surface area (Å²) in [6.45, 7) is 0.184. The predicted molar refractivity (Wildman–Crippen MR) is 111 cm³/mol. The van der Waals surface area contributed by atoms with Crippen molar-refractivity contribution in [1.29, 1.82) is 0 Å². The number of anilines is 2. The minimum atomic E-state index is -4.24. The maximum atomic E-state index is 12.9. The number of carbonyl (C=O) groups is 2. The number of methoxy groups -OCH3 is 1. The molecule has 2 N–H and O–H groups in total. The van der Waals surface area contributed by atoms with E-state index in [9.17, 15) is 22.8 Å². The van der Waals surface area contributed by atoms with Gasteiger partial charge in [0.1, 0.15) is 5.75 Å². The van der Waals surface area contributed by atoms with Gasteiger partial charge in [-0.1, -0.05) is 12.1 Å². The van der Waals surface area contributed by atoms with Crippen LogP contribution in [-0.4, -0.2) is 49.6 Å². The fraction of sp³-hybridized carbons (Fsp3) is 0.364. The van der Waals surface area contributed by atoms with E-state index in [-0.39, 0.29) is 25.4 Å². The summed E-state index contributed by atoms with van der Waals surface area (Å²) in [5.74, 6) is -1.59. The molecule has 0 saturated carbocycles. The lowest BCUT2D eigenvalue weighted by Crippen LogP contribution is -2.44. The normalized spacial score (nSPS) is 17.1. The second-order valence-electron chi connectivity index (χ2n) is 7.40. The van der Waals surface area contributed by atoms with Crippen molar-refractivity contribution in [3.8, 4) is 5.75 Å². The molecular formula is C22H24F3N3O3. The summed E-state index contributed by atoms with van der Waals surface area (Å²) in [7, 11) is 1.51. The van der Waals surface area contributed by atoms with Crippen LogP contribution >= 0.6 is 0 Å². The van der Waals surface area contributed by atoms with Crippen LogP contribution in [0.3, 0.4) is 0 Å². The molecule has 6 nitrogen and oxygen atoms in total. The molecule has 1 unspecified atom stereocenters. The second kappa shape index (κ2) is 9.82. The maximum absolute atomic E-state index is 12.9. The Balaban J connectivity index is 1.54. The Kier molecular flexibility index (Phi) is 7.17. The van der Waals surface area contributed by atoms with Gasteiger partial charge in [0.15, 0.2) is 0 Å². The van der Waals surface area contributed by atoms with Crippen molar-refractivity contribution in [1.82, 2.24) is 4.90 Å². The lowest BCUT2D eigenvalue weighted by atomic mass is 9.97. The number of alkyl halides is 3. The molecule has 2 aromatic carbocycles. The first-order valence-electron chi connectivity index (χ1n) is 9.89. The number of benzene rings is 2. The third kappa shape index (κ3) is 6.21. The minimum absolute atomic E-state index is 0.0972. The van der Waals surface area contributed by atoms with Gasteiger partial charge in [-0.05, 0) is 55.8 Å². The van der Waals surface area contributed by atoms with E-state index in [0.717, 1.165) is 0 Å². The maximum Gasteiger partial charge on any atom is 0.393 e. The molecule has 2 aromatic rings. The number of rotatable bonds is 6. The predicted octanol–water partition coefficient (Wildman–Crippen LogP) is 4.16. The molecule has 3 rings (SSSR count). The standard InChI is InChI=1S/C22H24F3N3O3/c1-31-19-7-3-2-6-18(19)27-21(30)15-8-10-17(11-9-15)26-20(29)14-28-12-4-5-16(13-28)22(23,24)25/h2-3,6-11,16H,4-5,12-14H2,1H3,(H,26,29)(H,27,30). The molecule has 1 saturated heterocycles. The van der Waals surface area contributed by atoms with Gasteiger partial charge in [-0.3, -0.25) is 14.5 Å². The number of ether oxygens (including phenoxy) is 1. The highest BCUT2D eigenvalue weighted by atomic mass is 19.4.